The molecule has 0 saturated carbocycles. The molecular formula is C13H20N6O3S. The van der Waals surface area contributed by atoms with Crippen molar-refractivity contribution in [1.29, 1.82) is 0 Å². The van der Waals surface area contributed by atoms with E-state index in [4.69, 9.17) is 4.74 Å². The molecule has 2 N–H and O–H groups in total. The van der Waals surface area contributed by atoms with E-state index in [9.17, 15) is 8.42 Å². The standard InChI is InChI=1S/C13H20N6O3S/c1-9-5-19(6-10(2)22-9)23(20,21)4-3-14-12-11-13(16-7-15-11)18-8-17-12/h7-10H,3-6H2,1-2H3,(H2,14,15,16,17,18)/t9-,10+. The summed E-state index contributed by atoms with van der Waals surface area (Å²) >= 11 is 0. The third-order valence-corrected chi connectivity index (χ3v) is 5.46. The average molecular weight is 340 g/mol. The Morgan fingerprint density at radius 1 is 1.30 bits per heavy atom. The predicted molar refractivity (Wildman–Crippen MR) is 85.5 cm³/mol. The maximum absolute atomic E-state index is 12.5. The van der Waals surface area contributed by atoms with Crippen LogP contribution in [0.4, 0.5) is 5.82 Å². The largest absolute Gasteiger partial charge is 0.373 e. The Balaban J connectivity index is 1.62. The highest BCUT2D eigenvalue weighted by Crippen LogP contribution is 2.16. The Morgan fingerprint density at radius 3 is 2.78 bits per heavy atom. The van der Waals surface area contributed by atoms with Gasteiger partial charge in [0.05, 0.1) is 24.3 Å². The number of morpholine rings is 1. The summed E-state index contributed by atoms with van der Waals surface area (Å²) in [7, 11) is -3.34. The Bertz CT molecular complexity index is 767. The van der Waals surface area contributed by atoms with E-state index in [2.05, 4.69) is 25.3 Å². The Kier molecular flexibility index (Phi) is 4.46. The van der Waals surface area contributed by atoms with Gasteiger partial charge in [-0.1, -0.05) is 0 Å². The van der Waals surface area contributed by atoms with E-state index in [-0.39, 0.29) is 24.5 Å². The number of H-pyrrole nitrogens is 1. The minimum absolute atomic E-state index is 0.00786. The molecule has 1 fully saturated rings. The number of nitrogens with one attached hydrogen (secondary N) is 2. The summed E-state index contributed by atoms with van der Waals surface area (Å²) in [4.78, 5) is 15.1. The van der Waals surface area contributed by atoms with Gasteiger partial charge in [-0.25, -0.2) is 23.4 Å². The normalized spacial score (nSPS) is 23.2. The number of sulfonamides is 1. The maximum atomic E-state index is 12.5. The first-order chi connectivity index (χ1) is 11.0. The molecule has 126 valence electrons. The molecule has 0 radical (unpaired) electrons. The van der Waals surface area contributed by atoms with Gasteiger partial charge in [0.1, 0.15) is 11.8 Å². The molecule has 1 aliphatic heterocycles. The van der Waals surface area contributed by atoms with Crippen molar-refractivity contribution < 1.29 is 13.2 Å². The number of imidazole rings is 1. The first-order valence-electron chi connectivity index (χ1n) is 7.47. The lowest BCUT2D eigenvalue weighted by Crippen LogP contribution is -2.49. The van der Waals surface area contributed by atoms with Crippen LogP contribution in [-0.2, 0) is 14.8 Å². The van der Waals surface area contributed by atoms with E-state index < -0.39 is 10.0 Å². The van der Waals surface area contributed by atoms with E-state index in [0.29, 0.717) is 30.1 Å². The van der Waals surface area contributed by atoms with Crippen LogP contribution in [-0.4, -0.2) is 70.3 Å². The van der Waals surface area contributed by atoms with Crippen LogP contribution in [0.15, 0.2) is 12.7 Å². The van der Waals surface area contributed by atoms with Gasteiger partial charge in [-0.15, -0.1) is 0 Å². The Morgan fingerprint density at radius 2 is 2.04 bits per heavy atom. The number of anilines is 1. The minimum Gasteiger partial charge on any atom is -0.373 e. The Hall–Kier alpha value is -1.78. The highest BCUT2D eigenvalue weighted by atomic mass is 32.2. The van der Waals surface area contributed by atoms with E-state index >= 15 is 0 Å². The van der Waals surface area contributed by atoms with Crippen molar-refractivity contribution in [2.24, 2.45) is 0 Å². The first kappa shape index (κ1) is 16.1. The van der Waals surface area contributed by atoms with Gasteiger partial charge in [0, 0.05) is 19.6 Å². The molecule has 23 heavy (non-hydrogen) atoms. The van der Waals surface area contributed by atoms with Gasteiger partial charge in [-0.2, -0.15) is 4.31 Å². The quantitative estimate of drug-likeness (QED) is 0.799. The lowest BCUT2D eigenvalue weighted by Gasteiger charge is -2.34. The smallest absolute Gasteiger partial charge is 0.216 e. The zero-order valence-corrected chi connectivity index (χ0v) is 13.9. The molecule has 3 heterocycles. The van der Waals surface area contributed by atoms with Crippen molar-refractivity contribution in [1.82, 2.24) is 24.2 Å². The lowest BCUT2D eigenvalue weighted by atomic mass is 10.3. The van der Waals surface area contributed by atoms with Crippen molar-refractivity contribution in [3.63, 3.8) is 0 Å². The van der Waals surface area contributed by atoms with Crippen LogP contribution >= 0.6 is 0 Å². The fraction of sp³-hybridized carbons (Fsp3) is 0.615. The van der Waals surface area contributed by atoms with Gasteiger partial charge in [0.25, 0.3) is 0 Å². The predicted octanol–water partition coefficient (Wildman–Crippen LogP) is 0.204. The van der Waals surface area contributed by atoms with E-state index in [0.717, 1.165) is 0 Å². The van der Waals surface area contributed by atoms with Crippen molar-refractivity contribution >= 4 is 27.0 Å². The molecule has 0 aliphatic carbocycles. The Labute approximate surface area is 134 Å². The maximum Gasteiger partial charge on any atom is 0.216 e. The van der Waals surface area contributed by atoms with Crippen LogP contribution in [0.25, 0.3) is 11.2 Å². The zero-order chi connectivity index (χ0) is 16.4. The summed E-state index contributed by atoms with van der Waals surface area (Å²) in [6.45, 7) is 4.81. The van der Waals surface area contributed by atoms with Crippen LogP contribution in [0, 0.1) is 0 Å². The van der Waals surface area contributed by atoms with Crippen molar-refractivity contribution in [2.45, 2.75) is 26.1 Å². The molecule has 10 heteroatoms. The number of aromatic amines is 1. The second kappa shape index (κ2) is 6.38. The van der Waals surface area contributed by atoms with Crippen LogP contribution in [0.3, 0.4) is 0 Å². The molecule has 0 spiro atoms. The third kappa shape index (κ3) is 3.59. The topological polar surface area (TPSA) is 113 Å². The molecule has 2 atom stereocenters. The lowest BCUT2D eigenvalue weighted by molar-refractivity contribution is -0.0440. The second-order valence-corrected chi connectivity index (χ2v) is 7.73. The molecule has 3 rings (SSSR count). The fourth-order valence-electron chi connectivity index (χ4n) is 2.68. The summed E-state index contributed by atoms with van der Waals surface area (Å²) in [5.74, 6) is 0.540. The number of hydrogen-bond acceptors (Lipinski definition) is 7. The number of nitrogens with zero attached hydrogens (tertiary/aromatic N) is 4. The summed E-state index contributed by atoms with van der Waals surface area (Å²) in [6.07, 6.45) is 2.74. The second-order valence-electron chi connectivity index (χ2n) is 5.64. The molecule has 1 saturated heterocycles. The first-order valence-corrected chi connectivity index (χ1v) is 9.08. The van der Waals surface area contributed by atoms with Gasteiger partial charge in [-0.3, -0.25) is 0 Å². The summed E-state index contributed by atoms with van der Waals surface area (Å²) in [6, 6.07) is 0. The summed E-state index contributed by atoms with van der Waals surface area (Å²) in [5, 5.41) is 3.03. The van der Waals surface area contributed by atoms with Crippen molar-refractivity contribution in [2.75, 3.05) is 30.7 Å². The van der Waals surface area contributed by atoms with Gasteiger partial charge in [-0.05, 0) is 13.8 Å². The van der Waals surface area contributed by atoms with Gasteiger partial charge >= 0.3 is 0 Å². The van der Waals surface area contributed by atoms with Crippen LogP contribution in [0.1, 0.15) is 13.8 Å². The number of hydrogen-bond donors (Lipinski definition) is 2. The molecule has 0 amide bonds. The number of ether oxygens (including phenoxy) is 1. The van der Waals surface area contributed by atoms with E-state index in [1.54, 1.807) is 0 Å². The van der Waals surface area contributed by atoms with Crippen LogP contribution in [0.2, 0.25) is 0 Å². The van der Waals surface area contributed by atoms with Gasteiger partial charge in [0.2, 0.25) is 10.0 Å². The monoisotopic (exact) mass is 340 g/mol. The van der Waals surface area contributed by atoms with E-state index in [1.165, 1.54) is 17.0 Å². The molecule has 0 bridgehead atoms. The molecule has 2 aromatic rings. The number of aromatic nitrogens is 4. The molecule has 0 unspecified atom stereocenters. The minimum atomic E-state index is -3.34. The number of fused-ring (bicyclic) bond motifs is 1. The number of rotatable bonds is 5. The summed E-state index contributed by atoms with van der Waals surface area (Å²) in [5.41, 5.74) is 1.21. The van der Waals surface area contributed by atoms with Crippen molar-refractivity contribution in [3.8, 4) is 0 Å². The SMILES string of the molecule is C[C@@H]1CN(S(=O)(=O)CCNc2ncnc3nc[nH]c23)C[C@H](C)O1. The fourth-order valence-corrected chi connectivity index (χ4v) is 4.18. The molecule has 2 aromatic heterocycles. The van der Waals surface area contributed by atoms with Crippen LogP contribution < -0.4 is 5.32 Å². The third-order valence-electron chi connectivity index (χ3n) is 3.65. The summed E-state index contributed by atoms with van der Waals surface area (Å²) < 4.78 is 32.0. The molecule has 0 aromatic carbocycles. The average Bonchev–Trinajstić information content (AvgIpc) is 2.95. The van der Waals surface area contributed by atoms with E-state index in [1.807, 2.05) is 13.8 Å². The molecule has 9 nitrogen and oxygen atoms in total. The molecular weight excluding hydrogens is 320 g/mol. The van der Waals surface area contributed by atoms with Gasteiger partial charge < -0.3 is 15.0 Å². The molecule has 1 aliphatic rings. The van der Waals surface area contributed by atoms with Crippen molar-refractivity contribution in [3.05, 3.63) is 12.7 Å². The highest BCUT2D eigenvalue weighted by Gasteiger charge is 2.30. The van der Waals surface area contributed by atoms with Gasteiger partial charge in [0.15, 0.2) is 11.5 Å². The van der Waals surface area contributed by atoms with Crippen LogP contribution in [0.5, 0.6) is 0 Å². The highest BCUT2D eigenvalue weighted by molar-refractivity contribution is 7.89. The zero-order valence-electron chi connectivity index (χ0n) is 13.1.